The molecule has 0 aliphatic rings. The van der Waals surface area contributed by atoms with Crippen molar-refractivity contribution in [2.75, 3.05) is 0 Å². The summed E-state index contributed by atoms with van der Waals surface area (Å²) in [7, 11) is 0. The van der Waals surface area contributed by atoms with Crippen LogP contribution in [-0.4, -0.2) is 18.0 Å². The summed E-state index contributed by atoms with van der Waals surface area (Å²) in [5.74, 6) is -0.0705. The molecule has 21 heavy (non-hydrogen) atoms. The Morgan fingerprint density at radius 1 is 1.14 bits per heavy atom. The zero-order valence-electron chi connectivity index (χ0n) is 14.2. The third-order valence-electron chi connectivity index (χ3n) is 3.98. The van der Waals surface area contributed by atoms with E-state index in [-0.39, 0.29) is 22.8 Å². The molecule has 0 bridgehead atoms. The molecule has 0 aliphatic carbocycles. The van der Waals surface area contributed by atoms with Gasteiger partial charge in [-0.05, 0) is 29.7 Å². The van der Waals surface area contributed by atoms with Crippen LogP contribution in [-0.2, 0) is 10.2 Å². The predicted octanol–water partition coefficient (Wildman–Crippen LogP) is 3.23. The molecule has 3 heteroatoms. The van der Waals surface area contributed by atoms with Gasteiger partial charge in [0.2, 0.25) is 5.91 Å². The lowest BCUT2D eigenvalue weighted by atomic mass is 9.79. The second kappa shape index (κ2) is 6.61. The van der Waals surface area contributed by atoms with E-state index in [9.17, 15) is 4.79 Å². The average molecular weight is 290 g/mol. The van der Waals surface area contributed by atoms with Crippen molar-refractivity contribution in [1.29, 1.82) is 0 Å². The number of nitrogens with one attached hydrogen (secondary N) is 1. The average Bonchev–Trinajstić information content (AvgIpc) is 2.36. The number of carbonyl (C=O) groups excluding carboxylic acids is 1. The largest absolute Gasteiger partial charge is 0.352 e. The van der Waals surface area contributed by atoms with Gasteiger partial charge in [0.1, 0.15) is 0 Å². The molecule has 0 saturated carbocycles. The molecule has 2 atom stereocenters. The molecule has 118 valence electrons. The van der Waals surface area contributed by atoms with Crippen LogP contribution in [0, 0.1) is 5.41 Å². The fourth-order valence-corrected chi connectivity index (χ4v) is 2.55. The summed E-state index contributed by atoms with van der Waals surface area (Å²) in [5.41, 5.74) is 7.08. The number of benzene rings is 1. The Hall–Kier alpha value is -1.35. The first kappa shape index (κ1) is 17.7. The van der Waals surface area contributed by atoms with Crippen LogP contribution < -0.4 is 11.1 Å². The lowest BCUT2D eigenvalue weighted by Gasteiger charge is -2.31. The van der Waals surface area contributed by atoms with Gasteiger partial charge in [0.15, 0.2) is 0 Å². The van der Waals surface area contributed by atoms with Gasteiger partial charge in [0.05, 0.1) is 6.04 Å². The van der Waals surface area contributed by atoms with Crippen molar-refractivity contribution in [1.82, 2.24) is 5.32 Å². The van der Waals surface area contributed by atoms with E-state index in [2.05, 4.69) is 43.4 Å². The first-order chi connectivity index (χ1) is 9.54. The topological polar surface area (TPSA) is 55.1 Å². The Bertz CT molecular complexity index is 460. The third-order valence-corrected chi connectivity index (χ3v) is 3.98. The summed E-state index contributed by atoms with van der Waals surface area (Å²) in [6.45, 7) is 12.4. The van der Waals surface area contributed by atoms with Gasteiger partial charge in [-0.25, -0.2) is 0 Å². The van der Waals surface area contributed by atoms with Crippen molar-refractivity contribution in [2.24, 2.45) is 11.1 Å². The van der Waals surface area contributed by atoms with Crippen molar-refractivity contribution < 1.29 is 4.79 Å². The lowest BCUT2D eigenvalue weighted by Crippen LogP contribution is -2.51. The molecule has 0 radical (unpaired) electrons. The van der Waals surface area contributed by atoms with E-state index < -0.39 is 6.04 Å². The van der Waals surface area contributed by atoms with E-state index in [4.69, 9.17) is 5.73 Å². The molecule has 0 aliphatic heterocycles. The molecule has 0 spiro atoms. The second-order valence-electron chi connectivity index (χ2n) is 7.71. The van der Waals surface area contributed by atoms with Gasteiger partial charge in [0, 0.05) is 6.04 Å². The Labute approximate surface area is 129 Å². The number of nitrogens with two attached hydrogens (primary N) is 1. The van der Waals surface area contributed by atoms with Crippen LogP contribution in [0.5, 0.6) is 0 Å². The van der Waals surface area contributed by atoms with Crippen molar-refractivity contribution in [3.8, 4) is 0 Å². The summed E-state index contributed by atoms with van der Waals surface area (Å²) in [4.78, 5) is 12.2. The molecule has 1 aromatic carbocycles. The van der Waals surface area contributed by atoms with Crippen LogP contribution in [0.1, 0.15) is 53.5 Å². The summed E-state index contributed by atoms with van der Waals surface area (Å²) >= 11 is 0. The highest BCUT2D eigenvalue weighted by Gasteiger charge is 2.30. The van der Waals surface area contributed by atoms with Gasteiger partial charge in [-0.15, -0.1) is 0 Å². The van der Waals surface area contributed by atoms with Gasteiger partial charge < -0.3 is 11.1 Å². The Kier molecular flexibility index (Phi) is 5.57. The van der Waals surface area contributed by atoms with E-state index >= 15 is 0 Å². The lowest BCUT2D eigenvalue weighted by molar-refractivity contribution is -0.125. The molecule has 1 amide bonds. The molecule has 0 aromatic heterocycles. The quantitative estimate of drug-likeness (QED) is 0.874. The van der Waals surface area contributed by atoms with Crippen LogP contribution in [0.4, 0.5) is 0 Å². The highest BCUT2D eigenvalue weighted by Crippen LogP contribution is 2.28. The highest BCUT2D eigenvalue weighted by molar-refractivity contribution is 5.82. The first-order valence-corrected chi connectivity index (χ1v) is 7.65. The number of rotatable bonds is 5. The van der Waals surface area contributed by atoms with E-state index in [0.29, 0.717) is 0 Å². The first-order valence-electron chi connectivity index (χ1n) is 7.65. The second-order valence-corrected chi connectivity index (χ2v) is 7.71. The minimum atomic E-state index is -0.486. The van der Waals surface area contributed by atoms with E-state index in [1.165, 1.54) is 5.56 Å². The van der Waals surface area contributed by atoms with Crippen molar-refractivity contribution in [3.05, 3.63) is 35.9 Å². The SMILES string of the molecule is CC(CC(C)(C)c1ccccc1)NC(=O)[C@@H](N)C(C)(C)C. The van der Waals surface area contributed by atoms with Crippen LogP contribution in [0.3, 0.4) is 0 Å². The standard InChI is InChI=1S/C18H30N2O/c1-13(20-16(21)15(19)17(2,3)4)12-18(5,6)14-10-8-7-9-11-14/h7-11,13,15H,12,19H2,1-6H3,(H,20,21)/t13?,15-/m1/s1. The maximum absolute atomic E-state index is 12.2. The van der Waals surface area contributed by atoms with Gasteiger partial charge >= 0.3 is 0 Å². The van der Waals surface area contributed by atoms with Crippen molar-refractivity contribution in [3.63, 3.8) is 0 Å². The third kappa shape index (κ3) is 5.16. The summed E-state index contributed by atoms with van der Waals surface area (Å²) in [6.07, 6.45) is 0.875. The number of amides is 1. The number of hydrogen-bond acceptors (Lipinski definition) is 2. The normalized spacial score (nSPS) is 15.4. The zero-order valence-corrected chi connectivity index (χ0v) is 14.2. The van der Waals surface area contributed by atoms with Gasteiger partial charge in [-0.1, -0.05) is 65.0 Å². The summed E-state index contributed by atoms with van der Waals surface area (Å²) in [6, 6.07) is 9.99. The minimum Gasteiger partial charge on any atom is -0.352 e. The fraction of sp³-hybridized carbons (Fsp3) is 0.611. The van der Waals surface area contributed by atoms with Crippen LogP contribution >= 0.6 is 0 Å². The molecule has 1 rings (SSSR count). The summed E-state index contributed by atoms with van der Waals surface area (Å²) in [5, 5.41) is 3.05. The van der Waals surface area contributed by atoms with Gasteiger partial charge in [0.25, 0.3) is 0 Å². The van der Waals surface area contributed by atoms with Crippen LogP contribution in [0.15, 0.2) is 30.3 Å². The Morgan fingerprint density at radius 2 is 1.67 bits per heavy atom. The molecular formula is C18H30N2O. The molecule has 0 heterocycles. The fourth-order valence-electron chi connectivity index (χ4n) is 2.55. The van der Waals surface area contributed by atoms with E-state index in [1.807, 2.05) is 33.8 Å². The number of carbonyl (C=O) groups is 1. The molecule has 0 saturated heterocycles. The number of hydrogen-bond donors (Lipinski definition) is 2. The van der Waals surface area contributed by atoms with E-state index in [1.54, 1.807) is 0 Å². The monoisotopic (exact) mass is 290 g/mol. The Balaban J connectivity index is 2.65. The van der Waals surface area contributed by atoms with Crippen molar-refractivity contribution in [2.45, 2.75) is 65.5 Å². The molecule has 3 nitrogen and oxygen atoms in total. The highest BCUT2D eigenvalue weighted by atomic mass is 16.2. The van der Waals surface area contributed by atoms with Crippen molar-refractivity contribution >= 4 is 5.91 Å². The predicted molar refractivity (Wildman–Crippen MR) is 89.1 cm³/mol. The smallest absolute Gasteiger partial charge is 0.237 e. The molecule has 1 aromatic rings. The molecule has 0 fully saturated rings. The summed E-state index contributed by atoms with van der Waals surface area (Å²) < 4.78 is 0. The van der Waals surface area contributed by atoms with Gasteiger partial charge in [-0.3, -0.25) is 4.79 Å². The Morgan fingerprint density at radius 3 is 2.14 bits per heavy atom. The molecular weight excluding hydrogens is 260 g/mol. The van der Waals surface area contributed by atoms with Crippen LogP contribution in [0.25, 0.3) is 0 Å². The van der Waals surface area contributed by atoms with E-state index in [0.717, 1.165) is 6.42 Å². The molecule has 3 N–H and O–H groups in total. The maximum Gasteiger partial charge on any atom is 0.237 e. The minimum absolute atomic E-state index is 0.0137. The van der Waals surface area contributed by atoms with Crippen LogP contribution in [0.2, 0.25) is 0 Å². The molecule has 1 unspecified atom stereocenters. The zero-order chi connectivity index (χ0) is 16.3. The maximum atomic E-state index is 12.2. The van der Waals surface area contributed by atoms with Gasteiger partial charge in [-0.2, -0.15) is 0 Å².